The normalized spacial score (nSPS) is 25.6. The van der Waals surface area contributed by atoms with Crippen LogP contribution in [0.2, 0.25) is 0 Å². The molecule has 2 aliphatic rings. The lowest BCUT2D eigenvalue weighted by Crippen LogP contribution is -2.69. The second-order valence-corrected chi connectivity index (χ2v) is 6.17. The van der Waals surface area contributed by atoms with Crippen LogP contribution in [0.4, 0.5) is 10.2 Å². The third kappa shape index (κ3) is 2.45. The molecule has 3 heterocycles. The maximum Gasteiger partial charge on any atom is 0.256 e. The molecule has 0 amide bonds. The Balaban J connectivity index is 1.69. The average molecular weight is 318 g/mol. The minimum atomic E-state index is -0.568. The van der Waals surface area contributed by atoms with Gasteiger partial charge in [-0.15, -0.1) is 0 Å². The van der Waals surface area contributed by atoms with E-state index in [2.05, 4.69) is 14.9 Å². The SMILES string of the molecule is OCC12COCCN1CCN(c1nc3ccccc3nc1F)C2. The summed E-state index contributed by atoms with van der Waals surface area (Å²) >= 11 is 0. The highest BCUT2D eigenvalue weighted by atomic mass is 19.1. The lowest BCUT2D eigenvalue weighted by Gasteiger charge is -2.52. The first-order valence-electron chi connectivity index (χ1n) is 7.83. The Morgan fingerprint density at radius 1 is 1.17 bits per heavy atom. The Labute approximate surface area is 133 Å². The molecule has 2 aromatic rings. The summed E-state index contributed by atoms with van der Waals surface area (Å²) in [7, 11) is 0. The fourth-order valence-electron chi connectivity index (χ4n) is 3.48. The first kappa shape index (κ1) is 14.7. The number of hydrogen-bond donors (Lipinski definition) is 1. The number of rotatable bonds is 2. The molecule has 1 aromatic carbocycles. The summed E-state index contributed by atoms with van der Waals surface area (Å²) in [5.41, 5.74) is 0.727. The number of halogens is 1. The monoisotopic (exact) mass is 318 g/mol. The van der Waals surface area contributed by atoms with Gasteiger partial charge >= 0.3 is 0 Å². The van der Waals surface area contributed by atoms with Crippen molar-refractivity contribution in [3.05, 3.63) is 30.2 Å². The second kappa shape index (κ2) is 5.67. The molecular formula is C16H19FN4O2. The number of hydrogen-bond acceptors (Lipinski definition) is 6. The van der Waals surface area contributed by atoms with Crippen LogP contribution < -0.4 is 4.90 Å². The van der Waals surface area contributed by atoms with Gasteiger partial charge in [-0.2, -0.15) is 4.39 Å². The zero-order valence-electron chi connectivity index (χ0n) is 12.8. The summed E-state index contributed by atoms with van der Waals surface area (Å²) in [6, 6.07) is 7.25. The van der Waals surface area contributed by atoms with Gasteiger partial charge in [-0.1, -0.05) is 12.1 Å². The van der Waals surface area contributed by atoms with Gasteiger partial charge in [-0.25, -0.2) is 9.97 Å². The average Bonchev–Trinajstić information content (AvgIpc) is 2.60. The van der Waals surface area contributed by atoms with Crippen molar-refractivity contribution >= 4 is 16.9 Å². The number of para-hydroxylation sites is 2. The zero-order chi connectivity index (χ0) is 15.9. The van der Waals surface area contributed by atoms with Crippen molar-refractivity contribution in [2.75, 3.05) is 50.9 Å². The van der Waals surface area contributed by atoms with E-state index >= 15 is 0 Å². The molecular weight excluding hydrogens is 299 g/mol. The third-order valence-electron chi connectivity index (χ3n) is 4.78. The van der Waals surface area contributed by atoms with Gasteiger partial charge < -0.3 is 14.7 Å². The lowest BCUT2D eigenvalue weighted by molar-refractivity contribution is -0.0952. The summed E-state index contributed by atoms with van der Waals surface area (Å²) in [6.07, 6.45) is 0. The van der Waals surface area contributed by atoms with Crippen LogP contribution in [0.15, 0.2) is 24.3 Å². The van der Waals surface area contributed by atoms with E-state index in [0.717, 1.165) is 13.1 Å². The fraction of sp³-hybridized carbons (Fsp3) is 0.500. The number of benzene rings is 1. The Kier molecular flexibility index (Phi) is 3.63. The maximum atomic E-state index is 14.4. The number of morpholine rings is 1. The zero-order valence-corrected chi connectivity index (χ0v) is 12.8. The number of piperazine rings is 1. The predicted molar refractivity (Wildman–Crippen MR) is 83.9 cm³/mol. The predicted octanol–water partition coefficient (Wildman–Crippen LogP) is 0.652. The molecule has 0 saturated carbocycles. The van der Waals surface area contributed by atoms with E-state index in [1.54, 1.807) is 6.07 Å². The number of aromatic nitrogens is 2. The van der Waals surface area contributed by atoms with Crippen molar-refractivity contribution in [1.82, 2.24) is 14.9 Å². The van der Waals surface area contributed by atoms with Crippen molar-refractivity contribution in [2.24, 2.45) is 0 Å². The molecule has 1 unspecified atom stereocenters. The minimum Gasteiger partial charge on any atom is -0.394 e. The molecule has 23 heavy (non-hydrogen) atoms. The number of aliphatic hydroxyl groups is 1. The molecule has 6 nitrogen and oxygen atoms in total. The van der Waals surface area contributed by atoms with Gasteiger partial charge in [0.05, 0.1) is 36.4 Å². The molecule has 1 atom stereocenters. The van der Waals surface area contributed by atoms with Crippen LogP contribution in [0.1, 0.15) is 0 Å². The molecule has 0 bridgehead atoms. The van der Waals surface area contributed by atoms with Gasteiger partial charge in [0.15, 0.2) is 5.82 Å². The van der Waals surface area contributed by atoms with E-state index in [0.29, 0.717) is 37.3 Å². The molecule has 0 radical (unpaired) electrons. The number of ether oxygens (including phenoxy) is 1. The number of anilines is 1. The summed E-state index contributed by atoms with van der Waals surface area (Å²) in [6.45, 7) is 3.78. The highest BCUT2D eigenvalue weighted by Gasteiger charge is 2.44. The third-order valence-corrected chi connectivity index (χ3v) is 4.78. The van der Waals surface area contributed by atoms with Gasteiger partial charge in [-0.3, -0.25) is 4.90 Å². The summed E-state index contributed by atoms with van der Waals surface area (Å²) in [5.74, 6) is -0.316. The van der Waals surface area contributed by atoms with Crippen LogP contribution in [0.3, 0.4) is 0 Å². The molecule has 0 aliphatic carbocycles. The van der Waals surface area contributed by atoms with Crippen molar-refractivity contribution < 1.29 is 14.2 Å². The quantitative estimate of drug-likeness (QED) is 0.877. The maximum absolute atomic E-state index is 14.4. The Morgan fingerprint density at radius 2 is 1.96 bits per heavy atom. The second-order valence-electron chi connectivity index (χ2n) is 6.17. The number of fused-ring (bicyclic) bond motifs is 2. The van der Waals surface area contributed by atoms with Crippen LogP contribution in [0, 0.1) is 5.95 Å². The number of aliphatic hydroxyl groups excluding tert-OH is 1. The first-order valence-corrected chi connectivity index (χ1v) is 7.83. The van der Waals surface area contributed by atoms with Crippen molar-refractivity contribution in [1.29, 1.82) is 0 Å². The van der Waals surface area contributed by atoms with Gasteiger partial charge in [-0.05, 0) is 12.1 Å². The molecule has 7 heteroatoms. The summed E-state index contributed by atoms with van der Waals surface area (Å²) < 4.78 is 20.0. The van der Waals surface area contributed by atoms with E-state index in [-0.39, 0.29) is 12.4 Å². The minimum absolute atomic E-state index is 0.0217. The van der Waals surface area contributed by atoms with Crippen molar-refractivity contribution in [3.63, 3.8) is 0 Å². The molecule has 2 aliphatic heterocycles. The smallest absolute Gasteiger partial charge is 0.256 e. The number of nitrogens with zero attached hydrogens (tertiary/aromatic N) is 4. The van der Waals surface area contributed by atoms with Crippen LogP contribution in [0.25, 0.3) is 11.0 Å². The van der Waals surface area contributed by atoms with Crippen LogP contribution in [0.5, 0.6) is 0 Å². The van der Waals surface area contributed by atoms with Crippen LogP contribution in [-0.4, -0.2) is 71.5 Å². The first-order chi connectivity index (χ1) is 11.2. The van der Waals surface area contributed by atoms with Gasteiger partial charge in [0.1, 0.15) is 0 Å². The van der Waals surface area contributed by atoms with Crippen LogP contribution >= 0.6 is 0 Å². The molecule has 0 spiro atoms. The fourth-order valence-corrected chi connectivity index (χ4v) is 3.48. The molecule has 1 N–H and O–H groups in total. The van der Waals surface area contributed by atoms with Gasteiger partial charge in [0, 0.05) is 26.2 Å². The van der Waals surface area contributed by atoms with E-state index in [4.69, 9.17) is 4.74 Å². The van der Waals surface area contributed by atoms with Gasteiger partial charge in [0.25, 0.3) is 5.95 Å². The molecule has 122 valence electrons. The standard InChI is InChI=1S/C16H19FN4O2/c17-14-15(19-13-4-2-1-3-12(13)18-14)20-5-6-21-7-8-23-11-16(21,9-20)10-22/h1-4,22H,5-11H2. The van der Waals surface area contributed by atoms with E-state index in [1.807, 2.05) is 23.1 Å². The van der Waals surface area contributed by atoms with E-state index < -0.39 is 11.5 Å². The van der Waals surface area contributed by atoms with Gasteiger partial charge in [0.2, 0.25) is 0 Å². The van der Waals surface area contributed by atoms with E-state index in [9.17, 15) is 9.50 Å². The lowest BCUT2D eigenvalue weighted by atomic mass is 9.94. The highest BCUT2D eigenvalue weighted by Crippen LogP contribution is 2.29. The highest BCUT2D eigenvalue weighted by molar-refractivity contribution is 5.75. The molecule has 2 saturated heterocycles. The van der Waals surface area contributed by atoms with Crippen molar-refractivity contribution in [2.45, 2.75) is 5.54 Å². The Hall–Kier alpha value is -1.83. The Bertz CT molecular complexity index is 728. The van der Waals surface area contributed by atoms with Crippen LogP contribution in [-0.2, 0) is 4.74 Å². The largest absolute Gasteiger partial charge is 0.394 e. The summed E-state index contributed by atoms with van der Waals surface area (Å²) in [5, 5.41) is 9.90. The molecule has 4 rings (SSSR count). The van der Waals surface area contributed by atoms with Crippen molar-refractivity contribution in [3.8, 4) is 0 Å². The van der Waals surface area contributed by atoms with E-state index in [1.165, 1.54) is 0 Å². The Morgan fingerprint density at radius 3 is 2.74 bits per heavy atom. The topological polar surface area (TPSA) is 61.7 Å². The molecule has 2 fully saturated rings. The molecule has 1 aromatic heterocycles. The summed E-state index contributed by atoms with van der Waals surface area (Å²) in [4.78, 5) is 12.6.